The average molecular weight is 303 g/mol. The van der Waals surface area contributed by atoms with Crippen molar-refractivity contribution in [3.8, 4) is 5.75 Å². The molecule has 112 valence electrons. The molecule has 1 saturated heterocycles. The van der Waals surface area contributed by atoms with Gasteiger partial charge in [-0.15, -0.1) is 0 Å². The second-order valence-corrected chi connectivity index (χ2v) is 6.35. The summed E-state index contributed by atoms with van der Waals surface area (Å²) in [5.41, 5.74) is 0. The minimum Gasteiger partial charge on any atom is -0.497 e. The van der Waals surface area contributed by atoms with Crippen LogP contribution in [0.25, 0.3) is 10.8 Å². The van der Waals surface area contributed by atoms with Crippen LogP contribution < -0.4 is 10.1 Å². The summed E-state index contributed by atoms with van der Waals surface area (Å²) in [6.45, 7) is 4.41. The number of nitrogens with zero attached hydrogens (tertiary/aromatic N) is 2. The lowest BCUT2D eigenvalue weighted by atomic mass is 10.1. The number of fused-ring (bicyclic) bond motifs is 1. The van der Waals surface area contributed by atoms with E-state index in [1.165, 1.54) is 24.6 Å². The van der Waals surface area contributed by atoms with Crippen molar-refractivity contribution in [3.05, 3.63) is 30.5 Å². The molecule has 0 spiro atoms. The van der Waals surface area contributed by atoms with Crippen LogP contribution in [0.3, 0.4) is 0 Å². The van der Waals surface area contributed by atoms with Crippen LogP contribution in [0, 0.1) is 0 Å². The Kier molecular flexibility index (Phi) is 4.83. The van der Waals surface area contributed by atoms with Crippen LogP contribution in [0.4, 0.5) is 5.82 Å². The molecule has 3 rings (SSSR count). The van der Waals surface area contributed by atoms with Gasteiger partial charge < -0.3 is 10.1 Å². The highest BCUT2D eigenvalue weighted by Crippen LogP contribution is 2.25. The molecule has 2 aromatic rings. The highest BCUT2D eigenvalue weighted by Gasteiger charge is 2.10. The van der Waals surface area contributed by atoms with Gasteiger partial charge >= 0.3 is 0 Å². The molecule has 1 aromatic heterocycles. The fraction of sp³-hybridized carbons (Fsp3) is 0.438. The number of aromatic nitrogens is 1. The lowest BCUT2D eigenvalue weighted by Crippen LogP contribution is -2.36. The first-order valence-electron chi connectivity index (χ1n) is 7.33. The zero-order valence-electron chi connectivity index (χ0n) is 12.3. The first-order valence-corrected chi connectivity index (χ1v) is 8.49. The van der Waals surface area contributed by atoms with Crippen molar-refractivity contribution >= 4 is 28.4 Å². The second kappa shape index (κ2) is 7.00. The van der Waals surface area contributed by atoms with Crippen LogP contribution in [0.1, 0.15) is 0 Å². The molecule has 5 heteroatoms. The summed E-state index contributed by atoms with van der Waals surface area (Å²) >= 11 is 2.05. The Labute approximate surface area is 129 Å². The van der Waals surface area contributed by atoms with Gasteiger partial charge in [0.15, 0.2) is 0 Å². The minimum atomic E-state index is 0.880. The fourth-order valence-electron chi connectivity index (χ4n) is 2.58. The summed E-state index contributed by atoms with van der Waals surface area (Å²) in [5.74, 6) is 4.35. The van der Waals surface area contributed by atoms with Gasteiger partial charge in [-0.2, -0.15) is 11.8 Å². The van der Waals surface area contributed by atoms with E-state index in [2.05, 4.69) is 21.3 Å². The molecule has 0 aliphatic carbocycles. The molecule has 1 aliphatic rings. The van der Waals surface area contributed by atoms with Crippen molar-refractivity contribution in [2.75, 3.05) is 50.1 Å². The number of hydrogen-bond donors (Lipinski definition) is 1. The number of benzene rings is 1. The molecule has 0 bridgehead atoms. The number of ether oxygens (including phenoxy) is 1. The predicted octanol–water partition coefficient (Wildman–Crippen LogP) is 2.70. The van der Waals surface area contributed by atoms with E-state index in [0.717, 1.165) is 35.4 Å². The maximum Gasteiger partial charge on any atom is 0.133 e. The Hall–Kier alpha value is -1.46. The van der Waals surface area contributed by atoms with E-state index in [-0.39, 0.29) is 0 Å². The van der Waals surface area contributed by atoms with Gasteiger partial charge in [-0.05, 0) is 29.7 Å². The number of anilines is 1. The number of nitrogens with one attached hydrogen (secondary N) is 1. The lowest BCUT2D eigenvalue weighted by Gasteiger charge is -2.26. The molecular weight excluding hydrogens is 282 g/mol. The Morgan fingerprint density at radius 1 is 1.29 bits per heavy atom. The smallest absolute Gasteiger partial charge is 0.133 e. The van der Waals surface area contributed by atoms with E-state index < -0.39 is 0 Å². The summed E-state index contributed by atoms with van der Waals surface area (Å²) in [4.78, 5) is 6.98. The summed E-state index contributed by atoms with van der Waals surface area (Å²) in [5, 5.41) is 5.77. The van der Waals surface area contributed by atoms with Gasteiger partial charge in [0.2, 0.25) is 0 Å². The molecule has 0 radical (unpaired) electrons. The fourth-order valence-corrected chi connectivity index (χ4v) is 3.56. The highest BCUT2D eigenvalue weighted by atomic mass is 32.2. The Balaban J connectivity index is 1.66. The summed E-state index contributed by atoms with van der Waals surface area (Å²) < 4.78 is 5.27. The minimum absolute atomic E-state index is 0.880. The van der Waals surface area contributed by atoms with Crippen molar-refractivity contribution < 1.29 is 4.74 Å². The van der Waals surface area contributed by atoms with Crippen LogP contribution in [0.5, 0.6) is 5.75 Å². The van der Waals surface area contributed by atoms with Crippen molar-refractivity contribution in [3.63, 3.8) is 0 Å². The van der Waals surface area contributed by atoms with Gasteiger partial charge in [0.05, 0.1) is 7.11 Å². The monoisotopic (exact) mass is 303 g/mol. The summed E-state index contributed by atoms with van der Waals surface area (Å²) in [6.07, 6.45) is 1.85. The Morgan fingerprint density at radius 2 is 2.14 bits per heavy atom. The van der Waals surface area contributed by atoms with E-state index in [4.69, 9.17) is 4.74 Å². The van der Waals surface area contributed by atoms with Crippen LogP contribution in [-0.2, 0) is 0 Å². The third-order valence-corrected chi connectivity index (χ3v) is 4.74. The number of hydrogen-bond acceptors (Lipinski definition) is 5. The van der Waals surface area contributed by atoms with Gasteiger partial charge in [-0.1, -0.05) is 0 Å². The third-order valence-electron chi connectivity index (χ3n) is 3.80. The van der Waals surface area contributed by atoms with Gasteiger partial charge in [-0.3, -0.25) is 4.90 Å². The van der Waals surface area contributed by atoms with Crippen molar-refractivity contribution in [2.24, 2.45) is 0 Å². The van der Waals surface area contributed by atoms with Crippen LogP contribution in [-0.4, -0.2) is 54.7 Å². The maximum atomic E-state index is 5.27. The van der Waals surface area contributed by atoms with Crippen molar-refractivity contribution in [2.45, 2.75) is 0 Å². The standard InChI is InChI=1S/C16H21N3OS/c1-20-14-2-3-15-13(12-14)4-5-17-16(15)18-6-7-19-8-10-21-11-9-19/h2-5,12H,6-11H2,1H3,(H,17,18). The third kappa shape index (κ3) is 3.60. The van der Waals surface area contributed by atoms with Crippen molar-refractivity contribution in [1.29, 1.82) is 0 Å². The van der Waals surface area contributed by atoms with E-state index in [0.29, 0.717) is 0 Å². The molecule has 0 atom stereocenters. The first-order chi connectivity index (χ1) is 10.4. The summed E-state index contributed by atoms with van der Waals surface area (Å²) in [7, 11) is 1.69. The Bertz CT molecular complexity index is 599. The van der Waals surface area contributed by atoms with Crippen LogP contribution >= 0.6 is 11.8 Å². The average Bonchev–Trinajstić information content (AvgIpc) is 2.55. The number of rotatable bonds is 5. The molecule has 1 aliphatic heterocycles. The van der Waals surface area contributed by atoms with Crippen LogP contribution in [0.2, 0.25) is 0 Å². The van der Waals surface area contributed by atoms with E-state index in [9.17, 15) is 0 Å². The lowest BCUT2D eigenvalue weighted by molar-refractivity contribution is 0.314. The molecule has 21 heavy (non-hydrogen) atoms. The summed E-state index contributed by atoms with van der Waals surface area (Å²) in [6, 6.07) is 8.12. The normalized spacial score (nSPS) is 16.0. The molecule has 2 heterocycles. The molecule has 1 aromatic carbocycles. The number of pyridine rings is 1. The Morgan fingerprint density at radius 3 is 2.95 bits per heavy atom. The van der Waals surface area contributed by atoms with Gasteiger partial charge in [0, 0.05) is 49.3 Å². The molecule has 1 N–H and O–H groups in total. The molecule has 0 unspecified atom stereocenters. The molecule has 4 nitrogen and oxygen atoms in total. The van der Waals surface area contributed by atoms with E-state index in [1.54, 1.807) is 7.11 Å². The van der Waals surface area contributed by atoms with E-state index >= 15 is 0 Å². The topological polar surface area (TPSA) is 37.4 Å². The molecule has 0 saturated carbocycles. The highest BCUT2D eigenvalue weighted by molar-refractivity contribution is 7.99. The van der Waals surface area contributed by atoms with Gasteiger partial charge in [0.1, 0.15) is 11.6 Å². The van der Waals surface area contributed by atoms with Gasteiger partial charge in [0.25, 0.3) is 0 Å². The zero-order valence-corrected chi connectivity index (χ0v) is 13.2. The maximum absolute atomic E-state index is 5.27. The number of methoxy groups -OCH3 is 1. The van der Waals surface area contributed by atoms with Crippen molar-refractivity contribution in [1.82, 2.24) is 9.88 Å². The molecular formula is C16H21N3OS. The molecule has 1 fully saturated rings. The second-order valence-electron chi connectivity index (χ2n) is 5.13. The zero-order chi connectivity index (χ0) is 14.5. The van der Waals surface area contributed by atoms with Crippen LogP contribution in [0.15, 0.2) is 30.5 Å². The number of thioether (sulfide) groups is 1. The van der Waals surface area contributed by atoms with Gasteiger partial charge in [-0.25, -0.2) is 4.98 Å². The van der Waals surface area contributed by atoms with E-state index in [1.807, 2.05) is 36.2 Å². The largest absolute Gasteiger partial charge is 0.497 e. The SMILES string of the molecule is COc1ccc2c(NCCN3CCSCC3)nccc2c1. The first kappa shape index (κ1) is 14.5. The predicted molar refractivity (Wildman–Crippen MR) is 90.5 cm³/mol. The quantitative estimate of drug-likeness (QED) is 0.919. The molecule has 0 amide bonds.